The van der Waals surface area contributed by atoms with Crippen molar-refractivity contribution in [3.8, 4) is 0 Å². The van der Waals surface area contributed by atoms with Crippen LogP contribution in [0.2, 0.25) is 0 Å². The number of carbonyl (C=O) groups is 2. The molecule has 0 unspecified atom stereocenters. The zero-order chi connectivity index (χ0) is 24.2. The van der Waals surface area contributed by atoms with Gasteiger partial charge in [0.05, 0.1) is 11.6 Å². The molecule has 33 heavy (non-hydrogen) atoms. The second kappa shape index (κ2) is 10.3. The van der Waals surface area contributed by atoms with Crippen molar-refractivity contribution in [1.29, 1.82) is 0 Å². The van der Waals surface area contributed by atoms with Crippen LogP contribution in [0, 0.1) is 0 Å². The first kappa shape index (κ1) is 24.7. The normalized spacial score (nSPS) is 18.4. The van der Waals surface area contributed by atoms with Crippen molar-refractivity contribution >= 4 is 17.4 Å². The van der Waals surface area contributed by atoms with Gasteiger partial charge in [-0.25, -0.2) is 0 Å². The molecular weight excluding hydrogens is 412 g/mol. The van der Waals surface area contributed by atoms with Gasteiger partial charge in [0.25, 0.3) is 11.7 Å². The summed E-state index contributed by atoms with van der Waals surface area (Å²) in [6.07, 6.45) is 0.761. The van der Waals surface area contributed by atoms with Crippen LogP contribution < -0.4 is 0 Å². The van der Waals surface area contributed by atoms with Crippen LogP contribution in [-0.4, -0.2) is 52.8 Å². The Hall–Kier alpha value is -2.92. The van der Waals surface area contributed by atoms with Crippen molar-refractivity contribution in [3.63, 3.8) is 0 Å². The Morgan fingerprint density at radius 3 is 2.12 bits per heavy atom. The Morgan fingerprint density at radius 1 is 0.970 bits per heavy atom. The van der Waals surface area contributed by atoms with Gasteiger partial charge in [0, 0.05) is 12.1 Å². The molecule has 176 valence electrons. The first-order valence-corrected chi connectivity index (χ1v) is 11.9. The van der Waals surface area contributed by atoms with Crippen LogP contribution in [0.15, 0.2) is 60.2 Å². The molecule has 3 rings (SSSR count). The number of nitrogens with zero attached hydrogens (tertiary/aromatic N) is 2. The van der Waals surface area contributed by atoms with E-state index in [2.05, 4.69) is 39.5 Å². The summed E-state index contributed by atoms with van der Waals surface area (Å²) < 4.78 is 0. The molecule has 1 amide bonds. The lowest BCUT2D eigenvalue weighted by molar-refractivity contribution is -0.140. The zero-order valence-corrected chi connectivity index (χ0v) is 20.5. The Kier molecular flexibility index (Phi) is 7.75. The molecule has 0 aromatic heterocycles. The van der Waals surface area contributed by atoms with Crippen LogP contribution in [0.1, 0.15) is 63.8 Å². The molecule has 1 N–H and O–H groups in total. The molecule has 1 heterocycles. The predicted molar refractivity (Wildman–Crippen MR) is 133 cm³/mol. The number of carbonyl (C=O) groups excluding carboxylic acids is 2. The van der Waals surface area contributed by atoms with Gasteiger partial charge in [-0.15, -0.1) is 0 Å². The fourth-order valence-electron chi connectivity index (χ4n) is 4.38. The number of hydrogen-bond acceptors (Lipinski definition) is 4. The maximum atomic E-state index is 13.1. The van der Waals surface area contributed by atoms with E-state index < -0.39 is 17.7 Å². The first-order chi connectivity index (χ1) is 15.7. The molecule has 1 aliphatic heterocycles. The van der Waals surface area contributed by atoms with Crippen LogP contribution >= 0.6 is 0 Å². The maximum absolute atomic E-state index is 13.1. The Bertz CT molecular complexity index is 1000. The van der Waals surface area contributed by atoms with Gasteiger partial charge in [0.1, 0.15) is 5.76 Å². The van der Waals surface area contributed by atoms with Gasteiger partial charge in [-0.2, -0.15) is 0 Å². The van der Waals surface area contributed by atoms with E-state index in [9.17, 15) is 14.7 Å². The molecule has 0 radical (unpaired) electrons. The van der Waals surface area contributed by atoms with Crippen LogP contribution in [0.3, 0.4) is 0 Å². The average Bonchev–Trinajstić information content (AvgIpc) is 3.06. The van der Waals surface area contributed by atoms with Crippen LogP contribution in [-0.2, 0) is 15.0 Å². The lowest BCUT2D eigenvalue weighted by atomic mass is 9.85. The number of likely N-dealkylation sites (tertiary alicyclic amines) is 1. The van der Waals surface area contributed by atoms with Gasteiger partial charge < -0.3 is 14.9 Å². The number of benzene rings is 2. The van der Waals surface area contributed by atoms with Crippen LogP contribution in [0.4, 0.5) is 0 Å². The third-order valence-corrected chi connectivity index (χ3v) is 6.45. The molecular formula is C28H36N2O3. The molecule has 2 aromatic rings. The summed E-state index contributed by atoms with van der Waals surface area (Å²) in [5.74, 6) is -1.29. The highest BCUT2D eigenvalue weighted by molar-refractivity contribution is 6.46. The SMILES string of the molecule is CCN(CC)CCCN1C(=O)C(=O)/C(=C(/O)c2ccccc2)[C@@H]1c1ccc(C(C)(C)C)cc1. The third-order valence-electron chi connectivity index (χ3n) is 6.45. The van der Waals surface area contributed by atoms with E-state index >= 15 is 0 Å². The molecule has 0 bridgehead atoms. The van der Waals surface area contributed by atoms with E-state index in [-0.39, 0.29) is 16.7 Å². The van der Waals surface area contributed by atoms with Gasteiger partial charge >= 0.3 is 0 Å². The number of aliphatic hydroxyl groups is 1. The Morgan fingerprint density at radius 2 is 1.58 bits per heavy atom. The standard InChI is InChI=1S/C28H36N2O3/c1-6-29(7-2)18-11-19-30-24(20-14-16-22(17-15-20)28(3,4)5)23(26(32)27(30)33)25(31)21-12-9-8-10-13-21/h8-10,12-17,24,31H,6-7,11,18-19H2,1-5H3/b25-23+/t24-/m0/s1. The topological polar surface area (TPSA) is 60.9 Å². The molecule has 1 atom stereocenters. The Balaban J connectivity index is 2.03. The molecule has 5 nitrogen and oxygen atoms in total. The minimum Gasteiger partial charge on any atom is -0.507 e. The maximum Gasteiger partial charge on any atom is 0.295 e. The number of ketones is 1. The van der Waals surface area contributed by atoms with Gasteiger partial charge in [-0.05, 0) is 42.6 Å². The van der Waals surface area contributed by atoms with E-state index in [0.29, 0.717) is 12.1 Å². The highest BCUT2D eigenvalue weighted by Crippen LogP contribution is 2.40. The van der Waals surface area contributed by atoms with Crippen molar-refractivity contribution in [3.05, 3.63) is 76.9 Å². The van der Waals surface area contributed by atoms with Crippen molar-refractivity contribution in [2.45, 2.75) is 52.5 Å². The van der Waals surface area contributed by atoms with Gasteiger partial charge in [0.15, 0.2) is 0 Å². The van der Waals surface area contributed by atoms with Crippen molar-refractivity contribution < 1.29 is 14.7 Å². The lowest BCUT2D eigenvalue weighted by Gasteiger charge is -2.27. The predicted octanol–water partition coefficient (Wildman–Crippen LogP) is 5.14. The summed E-state index contributed by atoms with van der Waals surface area (Å²) in [5, 5.41) is 11.1. The third kappa shape index (κ3) is 5.36. The quantitative estimate of drug-likeness (QED) is 0.345. The fourth-order valence-corrected chi connectivity index (χ4v) is 4.38. The highest BCUT2D eigenvalue weighted by Gasteiger charge is 2.45. The molecule has 0 spiro atoms. The number of hydrogen-bond donors (Lipinski definition) is 1. The fraction of sp³-hybridized carbons (Fsp3) is 0.429. The number of amides is 1. The summed E-state index contributed by atoms with van der Waals surface area (Å²) in [6, 6.07) is 16.4. The Labute approximate surface area is 197 Å². The zero-order valence-electron chi connectivity index (χ0n) is 20.5. The van der Waals surface area contributed by atoms with Crippen molar-refractivity contribution in [1.82, 2.24) is 9.80 Å². The monoisotopic (exact) mass is 448 g/mol. The van der Waals surface area contributed by atoms with E-state index in [4.69, 9.17) is 0 Å². The smallest absolute Gasteiger partial charge is 0.295 e. The number of rotatable bonds is 8. The minimum atomic E-state index is -0.621. The summed E-state index contributed by atoms with van der Waals surface area (Å²) in [6.45, 7) is 13.9. The molecule has 1 fully saturated rings. The second-order valence-electron chi connectivity index (χ2n) is 9.61. The highest BCUT2D eigenvalue weighted by atomic mass is 16.3. The molecule has 1 aliphatic rings. The molecule has 2 aromatic carbocycles. The first-order valence-electron chi connectivity index (χ1n) is 11.9. The molecule has 0 saturated carbocycles. The summed E-state index contributed by atoms with van der Waals surface area (Å²) >= 11 is 0. The lowest BCUT2D eigenvalue weighted by Crippen LogP contribution is -2.33. The van der Waals surface area contributed by atoms with E-state index in [0.717, 1.165) is 31.6 Å². The van der Waals surface area contributed by atoms with Gasteiger partial charge in [-0.1, -0.05) is 89.2 Å². The van der Waals surface area contributed by atoms with Gasteiger partial charge in [-0.3, -0.25) is 9.59 Å². The van der Waals surface area contributed by atoms with Crippen molar-refractivity contribution in [2.24, 2.45) is 0 Å². The summed E-state index contributed by atoms with van der Waals surface area (Å²) in [5.41, 5.74) is 2.71. The number of aliphatic hydroxyl groups excluding tert-OH is 1. The van der Waals surface area contributed by atoms with E-state index in [1.165, 1.54) is 5.56 Å². The van der Waals surface area contributed by atoms with Crippen molar-refractivity contribution in [2.75, 3.05) is 26.2 Å². The second-order valence-corrected chi connectivity index (χ2v) is 9.61. The van der Waals surface area contributed by atoms with E-state index in [1.54, 1.807) is 17.0 Å². The molecule has 5 heteroatoms. The van der Waals surface area contributed by atoms with Crippen LogP contribution in [0.5, 0.6) is 0 Å². The minimum absolute atomic E-state index is 0.00581. The summed E-state index contributed by atoms with van der Waals surface area (Å²) in [4.78, 5) is 30.2. The molecule has 0 aliphatic carbocycles. The molecule has 1 saturated heterocycles. The van der Waals surface area contributed by atoms with E-state index in [1.807, 2.05) is 42.5 Å². The van der Waals surface area contributed by atoms with Crippen LogP contribution in [0.25, 0.3) is 5.76 Å². The summed E-state index contributed by atoms with van der Waals surface area (Å²) in [7, 11) is 0. The largest absolute Gasteiger partial charge is 0.507 e. The average molecular weight is 449 g/mol. The van der Waals surface area contributed by atoms with Gasteiger partial charge in [0.2, 0.25) is 0 Å². The number of Topliss-reactive ketones (excluding diaryl/α,β-unsaturated/α-hetero) is 1.